The van der Waals surface area contributed by atoms with Crippen LogP contribution in [-0.4, -0.2) is 30.8 Å². The minimum atomic E-state index is -0.0897. The van der Waals surface area contributed by atoms with Gasteiger partial charge in [0.25, 0.3) is 0 Å². The second-order valence-corrected chi connectivity index (χ2v) is 3.23. The van der Waals surface area contributed by atoms with Gasteiger partial charge < -0.3 is 5.32 Å². The summed E-state index contributed by atoms with van der Waals surface area (Å²) in [6, 6.07) is -0.0897. The first-order valence-electron chi connectivity index (χ1n) is 5.03. The van der Waals surface area contributed by atoms with Crippen LogP contribution >= 0.6 is 0 Å². The fraction of sp³-hybridized carbons (Fsp3) is 0.889. The van der Waals surface area contributed by atoms with Gasteiger partial charge in [-0.2, -0.15) is 0 Å². The van der Waals surface area contributed by atoms with Crippen molar-refractivity contribution >= 4 is 6.03 Å². The smallest absolute Gasteiger partial charge is 0.336 e. The maximum Gasteiger partial charge on any atom is 0.341 e. The van der Waals surface area contributed by atoms with E-state index in [9.17, 15) is 4.79 Å². The molecule has 1 aliphatic heterocycles. The maximum absolute atomic E-state index is 11.4. The van der Waals surface area contributed by atoms with Crippen molar-refractivity contribution in [1.29, 1.82) is 0 Å². The lowest BCUT2D eigenvalue weighted by molar-refractivity contribution is -0.139. The number of carbonyl (C=O) groups is 1. The lowest BCUT2D eigenvalue weighted by atomic mass is 10.3. The monoisotopic (exact) mass is 186 g/mol. The molecule has 0 aromatic rings. The average Bonchev–Trinajstić information content (AvgIpc) is 2.19. The fourth-order valence-corrected chi connectivity index (χ4v) is 1.22. The highest BCUT2D eigenvalue weighted by Crippen LogP contribution is 2.05. The van der Waals surface area contributed by atoms with Crippen LogP contribution in [0, 0.1) is 0 Å². The molecule has 0 unspecified atom stereocenters. The van der Waals surface area contributed by atoms with Gasteiger partial charge >= 0.3 is 6.03 Å². The lowest BCUT2D eigenvalue weighted by Gasteiger charge is -2.25. The third-order valence-electron chi connectivity index (χ3n) is 2.04. The molecular weight excluding hydrogens is 168 g/mol. The van der Waals surface area contributed by atoms with Gasteiger partial charge in [-0.25, -0.2) is 9.86 Å². The van der Waals surface area contributed by atoms with E-state index in [2.05, 4.69) is 12.2 Å². The van der Waals surface area contributed by atoms with Crippen LogP contribution in [0.4, 0.5) is 4.79 Å². The molecule has 1 fully saturated rings. The van der Waals surface area contributed by atoms with Gasteiger partial charge in [-0.15, -0.1) is 0 Å². The van der Waals surface area contributed by atoms with E-state index in [1.165, 1.54) is 5.06 Å². The van der Waals surface area contributed by atoms with E-state index < -0.39 is 0 Å². The predicted octanol–water partition coefficient (Wildman–Crippen LogP) is 1.52. The van der Waals surface area contributed by atoms with Crippen LogP contribution in [-0.2, 0) is 4.84 Å². The molecule has 0 aromatic heterocycles. The zero-order chi connectivity index (χ0) is 9.52. The van der Waals surface area contributed by atoms with E-state index in [4.69, 9.17) is 4.84 Å². The summed E-state index contributed by atoms with van der Waals surface area (Å²) >= 11 is 0. The average molecular weight is 186 g/mol. The van der Waals surface area contributed by atoms with E-state index in [1.54, 1.807) is 0 Å². The minimum Gasteiger partial charge on any atom is -0.336 e. The van der Waals surface area contributed by atoms with Crippen LogP contribution in [0.5, 0.6) is 0 Å². The van der Waals surface area contributed by atoms with Gasteiger partial charge in [0.05, 0.1) is 13.2 Å². The summed E-state index contributed by atoms with van der Waals surface area (Å²) in [5, 5.41) is 4.24. The van der Waals surface area contributed by atoms with Gasteiger partial charge in [0.15, 0.2) is 0 Å². The molecule has 76 valence electrons. The Morgan fingerprint density at radius 1 is 1.54 bits per heavy atom. The Morgan fingerprint density at radius 3 is 3.00 bits per heavy atom. The van der Waals surface area contributed by atoms with Gasteiger partial charge in [0, 0.05) is 6.54 Å². The molecule has 1 heterocycles. The van der Waals surface area contributed by atoms with Crippen LogP contribution in [0.15, 0.2) is 0 Å². The largest absolute Gasteiger partial charge is 0.341 e. The number of hydroxylamine groups is 2. The van der Waals surface area contributed by atoms with E-state index in [-0.39, 0.29) is 6.03 Å². The number of nitrogens with zero attached hydrogens (tertiary/aromatic N) is 1. The van der Waals surface area contributed by atoms with Gasteiger partial charge in [0.1, 0.15) is 0 Å². The van der Waals surface area contributed by atoms with Crippen LogP contribution in [0.2, 0.25) is 0 Å². The van der Waals surface area contributed by atoms with E-state index in [0.717, 1.165) is 38.8 Å². The summed E-state index contributed by atoms with van der Waals surface area (Å²) in [4.78, 5) is 16.6. The van der Waals surface area contributed by atoms with Gasteiger partial charge in [-0.3, -0.25) is 4.84 Å². The van der Waals surface area contributed by atoms with Gasteiger partial charge in [0.2, 0.25) is 0 Å². The molecule has 4 nitrogen and oxygen atoms in total. The number of rotatable bonds is 3. The number of hydrogen-bond donors (Lipinski definition) is 1. The quantitative estimate of drug-likeness (QED) is 0.679. The number of unbranched alkanes of at least 4 members (excludes halogenated alkanes) is 1. The molecule has 0 radical (unpaired) electrons. The Hall–Kier alpha value is -0.770. The zero-order valence-corrected chi connectivity index (χ0v) is 8.21. The van der Waals surface area contributed by atoms with Crippen molar-refractivity contribution in [3.63, 3.8) is 0 Å². The van der Waals surface area contributed by atoms with Gasteiger partial charge in [-0.05, 0) is 19.3 Å². The lowest BCUT2D eigenvalue weighted by Crippen LogP contribution is -2.42. The number of nitrogens with one attached hydrogen (secondary N) is 1. The standard InChI is InChI=1S/C9H18N2O2/c1-2-3-6-10-9(12)11-7-4-5-8-13-11/h2-8H2,1H3,(H,10,12). The Balaban J connectivity index is 2.13. The minimum absolute atomic E-state index is 0.0897. The van der Waals surface area contributed by atoms with E-state index in [0.29, 0.717) is 6.61 Å². The van der Waals surface area contributed by atoms with Crippen LogP contribution in [0.3, 0.4) is 0 Å². The molecule has 0 spiro atoms. The number of hydrogen-bond acceptors (Lipinski definition) is 2. The van der Waals surface area contributed by atoms with Crippen molar-refractivity contribution in [2.24, 2.45) is 0 Å². The third kappa shape index (κ3) is 3.63. The van der Waals surface area contributed by atoms with E-state index >= 15 is 0 Å². The highest BCUT2D eigenvalue weighted by atomic mass is 16.7. The summed E-state index contributed by atoms with van der Waals surface area (Å²) in [5.41, 5.74) is 0. The second-order valence-electron chi connectivity index (χ2n) is 3.23. The first kappa shape index (κ1) is 10.3. The SMILES string of the molecule is CCCCNC(=O)N1CCCCO1. The fourth-order valence-electron chi connectivity index (χ4n) is 1.22. The molecule has 13 heavy (non-hydrogen) atoms. The Bertz CT molecular complexity index is 156. The Morgan fingerprint density at radius 2 is 2.38 bits per heavy atom. The Labute approximate surface area is 79.2 Å². The molecule has 0 atom stereocenters. The molecule has 4 heteroatoms. The van der Waals surface area contributed by atoms with Crippen molar-refractivity contribution in [2.45, 2.75) is 32.6 Å². The number of urea groups is 1. The molecule has 1 rings (SSSR count). The van der Waals surface area contributed by atoms with Crippen LogP contribution < -0.4 is 5.32 Å². The van der Waals surface area contributed by atoms with Gasteiger partial charge in [-0.1, -0.05) is 13.3 Å². The summed E-state index contributed by atoms with van der Waals surface area (Å²) in [7, 11) is 0. The van der Waals surface area contributed by atoms with E-state index in [1.807, 2.05) is 0 Å². The third-order valence-corrected chi connectivity index (χ3v) is 2.04. The molecule has 0 aliphatic carbocycles. The van der Waals surface area contributed by atoms with Crippen molar-refractivity contribution in [1.82, 2.24) is 10.4 Å². The van der Waals surface area contributed by atoms with Crippen molar-refractivity contribution < 1.29 is 9.63 Å². The maximum atomic E-state index is 11.4. The summed E-state index contributed by atoms with van der Waals surface area (Å²) in [6.45, 7) is 4.23. The highest BCUT2D eigenvalue weighted by Gasteiger charge is 2.16. The summed E-state index contributed by atoms with van der Waals surface area (Å²) in [6.07, 6.45) is 4.22. The normalized spacial score (nSPS) is 17.2. The first-order valence-corrected chi connectivity index (χ1v) is 5.03. The molecular formula is C9H18N2O2. The first-order chi connectivity index (χ1) is 6.34. The number of carbonyl (C=O) groups excluding carboxylic acids is 1. The molecule has 2 amide bonds. The molecule has 1 saturated heterocycles. The van der Waals surface area contributed by atoms with Crippen molar-refractivity contribution in [2.75, 3.05) is 19.7 Å². The molecule has 1 aliphatic rings. The summed E-state index contributed by atoms with van der Waals surface area (Å²) in [5.74, 6) is 0. The molecule has 0 aromatic carbocycles. The summed E-state index contributed by atoms with van der Waals surface area (Å²) < 4.78 is 0. The highest BCUT2D eigenvalue weighted by molar-refractivity contribution is 5.72. The van der Waals surface area contributed by atoms with Crippen molar-refractivity contribution in [3.05, 3.63) is 0 Å². The van der Waals surface area contributed by atoms with Crippen LogP contribution in [0.1, 0.15) is 32.6 Å². The Kier molecular flexibility index (Phi) is 4.60. The predicted molar refractivity (Wildman–Crippen MR) is 50.2 cm³/mol. The topological polar surface area (TPSA) is 41.6 Å². The van der Waals surface area contributed by atoms with Crippen molar-refractivity contribution in [3.8, 4) is 0 Å². The molecule has 0 bridgehead atoms. The molecule has 1 N–H and O–H groups in total. The van der Waals surface area contributed by atoms with Crippen LogP contribution in [0.25, 0.3) is 0 Å². The number of amides is 2. The second kappa shape index (κ2) is 5.80. The molecule has 0 saturated carbocycles. The zero-order valence-electron chi connectivity index (χ0n) is 8.21.